The molecule has 0 aliphatic carbocycles. The summed E-state index contributed by atoms with van der Waals surface area (Å²) >= 11 is 7.32. The fraction of sp³-hybridized carbons (Fsp3) is 0.154. The number of imide groups is 1. The summed E-state index contributed by atoms with van der Waals surface area (Å²) in [4.78, 5) is 31.7. The van der Waals surface area contributed by atoms with E-state index in [2.05, 4.69) is 6.92 Å². The van der Waals surface area contributed by atoms with Crippen LogP contribution in [0.3, 0.4) is 0 Å². The lowest BCUT2D eigenvalue weighted by atomic mass is 10.1. The highest BCUT2D eigenvalue weighted by atomic mass is 35.5. The number of para-hydroxylation sites is 1. The fourth-order valence-electron chi connectivity index (χ4n) is 3.64. The zero-order valence-electron chi connectivity index (χ0n) is 17.9. The summed E-state index contributed by atoms with van der Waals surface area (Å²) in [6.07, 6.45) is 0.890. The van der Waals surface area contributed by atoms with E-state index in [0.29, 0.717) is 27.9 Å². The first-order valence-corrected chi connectivity index (χ1v) is 11.7. The van der Waals surface area contributed by atoms with Gasteiger partial charge in [-0.2, -0.15) is 0 Å². The molecule has 4 rings (SSSR count). The van der Waals surface area contributed by atoms with Crippen molar-refractivity contribution < 1.29 is 9.59 Å². The van der Waals surface area contributed by atoms with Crippen molar-refractivity contribution in [3.8, 4) is 0 Å². The SMILES string of the molecule is CCc1ccc(N2C(=O)C(Sc3ccc(Cl)cc3)=C(N(CC)c3ccccc3)C2=O)cc1. The zero-order valence-corrected chi connectivity index (χ0v) is 19.5. The van der Waals surface area contributed by atoms with Gasteiger partial charge >= 0.3 is 0 Å². The summed E-state index contributed by atoms with van der Waals surface area (Å²) in [7, 11) is 0. The van der Waals surface area contributed by atoms with Gasteiger partial charge < -0.3 is 4.90 Å². The minimum absolute atomic E-state index is 0.316. The molecule has 0 saturated carbocycles. The van der Waals surface area contributed by atoms with Gasteiger partial charge in [0.25, 0.3) is 11.8 Å². The Bertz CT molecular complexity index is 1160. The van der Waals surface area contributed by atoms with Crippen LogP contribution in [0.2, 0.25) is 5.02 Å². The average molecular weight is 463 g/mol. The van der Waals surface area contributed by atoms with Gasteiger partial charge in [-0.1, -0.05) is 60.6 Å². The van der Waals surface area contributed by atoms with Gasteiger partial charge in [0.15, 0.2) is 0 Å². The molecule has 1 aliphatic rings. The van der Waals surface area contributed by atoms with E-state index in [0.717, 1.165) is 22.6 Å². The second kappa shape index (κ2) is 9.63. The van der Waals surface area contributed by atoms with E-state index in [4.69, 9.17) is 11.6 Å². The normalized spacial score (nSPS) is 13.8. The molecule has 4 nitrogen and oxygen atoms in total. The Morgan fingerprint density at radius 1 is 0.844 bits per heavy atom. The Hall–Kier alpha value is -3.02. The van der Waals surface area contributed by atoms with Gasteiger partial charge in [0.2, 0.25) is 0 Å². The van der Waals surface area contributed by atoms with E-state index in [-0.39, 0.29) is 11.8 Å². The maximum Gasteiger partial charge on any atom is 0.283 e. The monoisotopic (exact) mass is 462 g/mol. The van der Waals surface area contributed by atoms with E-state index in [9.17, 15) is 9.59 Å². The Morgan fingerprint density at radius 2 is 1.50 bits per heavy atom. The summed E-state index contributed by atoms with van der Waals surface area (Å²) in [5.41, 5.74) is 2.98. The number of benzene rings is 3. The van der Waals surface area contributed by atoms with Crippen molar-refractivity contribution in [2.75, 3.05) is 16.3 Å². The van der Waals surface area contributed by atoms with E-state index < -0.39 is 0 Å². The predicted molar refractivity (Wildman–Crippen MR) is 132 cm³/mol. The van der Waals surface area contributed by atoms with Crippen molar-refractivity contribution in [1.29, 1.82) is 0 Å². The Kier molecular flexibility index (Phi) is 6.68. The molecule has 3 aromatic carbocycles. The molecule has 0 spiro atoms. The van der Waals surface area contributed by atoms with Gasteiger partial charge in [0.1, 0.15) is 10.6 Å². The number of hydrogen-bond donors (Lipinski definition) is 0. The van der Waals surface area contributed by atoms with Crippen molar-refractivity contribution >= 4 is 46.6 Å². The molecule has 1 heterocycles. The molecule has 0 fully saturated rings. The van der Waals surface area contributed by atoms with Crippen LogP contribution in [-0.4, -0.2) is 18.4 Å². The molecule has 162 valence electrons. The molecular formula is C26H23ClN2O2S. The molecule has 0 unspecified atom stereocenters. The number of anilines is 2. The topological polar surface area (TPSA) is 40.6 Å². The third kappa shape index (κ3) is 4.31. The molecular weight excluding hydrogens is 440 g/mol. The van der Waals surface area contributed by atoms with Crippen LogP contribution in [0.15, 0.2) is 94.4 Å². The van der Waals surface area contributed by atoms with Gasteiger partial charge in [-0.25, -0.2) is 4.90 Å². The Balaban J connectivity index is 1.80. The molecule has 1 aliphatic heterocycles. The highest BCUT2D eigenvalue weighted by molar-refractivity contribution is 8.04. The molecule has 0 aromatic heterocycles. The minimum atomic E-state index is -0.318. The number of carbonyl (C=O) groups excluding carboxylic acids is 2. The number of amides is 2. The maximum atomic E-state index is 13.7. The van der Waals surface area contributed by atoms with Crippen LogP contribution in [0.25, 0.3) is 0 Å². The molecule has 6 heteroatoms. The van der Waals surface area contributed by atoms with Crippen molar-refractivity contribution in [2.45, 2.75) is 25.2 Å². The Labute approximate surface area is 197 Å². The molecule has 0 atom stereocenters. The average Bonchev–Trinajstić information content (AvgIpc) is 3.06. The molecule has 2 amide bonds. The second-order valence-corrected chi connectivity index (χ2v) is 8.80. The van der Waals surface area contributed by atoms with Crippen LogP contribution < -0.4 is 9.80 Å². The smallest absolute Gasteiger partial charge is 0.283 e. The molecule has 32 heavy (non-hydrogen) atoms. The van der Waals surface area contributed by atoms with Gasteiger partial charge in [-0.3, -0.25) is 9.59 Å². The van der Waals surface area contributed by atoms with Crippen LogP contribution in [0.4, 0.5) is 11.4 Å². The van der Waals surface area contributed by atoms with E-state index in [1.54, 1.807) is 12.1 Å². The molecule has 0 radical (unpaired) electrons. The van der Waals surface area contributed by atoms with E-state index in [1.165, 1.54) is 16.7 Å². The summed E-state index contributed by atoms with van der Waals surface area (Å²) in [6.45, 7) is 4.59. The summed E-state index contributed by atoms with van der Waals surface area (Å²) in [6, 6.07) is 24.5. The number of rotatable bonds is 7. The number of aryl methyl sites for hydroxylation is 1. The highest BCUT2D eigenvalue weighted by Crippen LogP contribution is 2.40. The van der Waals surface area contributed by atoms with Gasteiger partial charge in [-0.15, -0.1) is 0 Å². The number of nitrogens with zero attached hydrogens (tertiary/aromatic N) is 2. The maximum absolute atomic E-state index is 13.7. The zero-order chi connectivity index (χ0) is 22.7. The quantitative estimate of drug-likeness (QED) is 0.386. The molecule has 3 aromatic rings. The molecule has 0 N–H and O–H groups in total. The van der Waals surface area contributed by atoms with Crippen LogP contribution in [0, 0.1) is 0 Å². The van der Waals surface area contributed by atoms with Gasteiger partial charge in [0, 0.05) is 22.2 Å². The summed E-state index contributed by atoms with van der Waals surface area (Å²) in [5, 5.41) is 0.620. The summed E-state index contributed by atoms with van der Waals surface area (Å²) < 4.78 is 0. The van der Waals surface area contributed by atoms with Crippen LogP contribution in [0.1, 0.15) is 19.4 Å². The standard InChI is InChI=1S/C26H23ClN2O2S/c1-3-18-10-14-21(15-11-18)29-25(30)23(28(4-2)20-8-6-5-7-9-20)24(26(29)31)32-22-16-12-19(27)13-17-22/h5-17H,3-4H2,1-2H3. The largest absolute Gasteiger partial charge is 0.336 e. The third-order valence-electron chi connectivity index (χ3n) is 5.31. The second-order valence-electron chi connectivity index (χ2n) is 7.28. The minimum Gasteiger partial charge on any atom is -0.336 e. The third-order valence-corrected chi connectivity index (χ3v) is 6.64. The number of halogens is 1. The molecule has 0 bridgehead atoms. The fourth-order valence-corrected chi connectivity index (χ4v) is 4.75. The van der Waals surface area contributed by atoms with Crippen molar-refractivity contribution in [3.05, 3.63) is 100 Å². The predicted octanol–water partition coefficient (Wildman–Crippen LogP) is 6.31. The first kappa shape index (κ1) is 22.2. The van der Waals surface area contributed by atoms with Crippen molar-refractivity contribution in [2.24, 2.45) is 0 Å². The first-order chi connectivity index (χ1) is 15.5. The van der Waals surface area contributed by atoms with Gasteiger partial charge in [-0.05, 0) is 67.4 Å². The first-order valence-electron chi connectivity index (χ1n) is 10.5. The highest BCUT2D eigenvalue weighted by Gasteiger charge is 2.42. The van der Waals surface area contributed by atoms with E-state index in [1.807, 2.05) is 78.6 Å². The number of likely N-dealkylation sites (N-methyl/N-ethyl adjacent to an activating group) is 1. The van der Waals surface area contributed by atoms with Crippen LogP contribution in [0.5, 0.6) is 0 Å². The van der Waals surface area contributed by atoms with Crippen LogP contribution in [-0.2, 0) is 16.0 Å². The number of hydrogen-bond acceptors (Lipinski definition) is 4. The van der Waals surface area contributed by atoms with Gasteiger partial charge in [0.05, 0.1) is 5.69 Å². The lowest BCUT2D eigenvalue weighted by molar-refractivity contribution is -0.120. The number of carbonyl (C=O) groups is 2. The van der Waals surface area contributed by atoms with E-state index >= 15 is 0 Å². The summed E-state index contributed by atoms with van der Waals surface area (Å²) in [5.74, 6) is -0.634. The van der Waals surface area contributed by atoms with Crippen molar-refractivity contribution in [1.82, 2.24) is 0 Å². The lowest BCUT2D eigenvalue weighted by Gasteiger charge is -2.24. The Morgan fingerprint density at radius 3 is 2.09 bits per heavy atom. The van der Waals surface area contributed by atoms with Crippen molar-refractivity contribution in [3.63, 3.8) is 0 Å². The van der Waals surface area contributed by atoms with Crippen LogP contribution >= 0.6 is 23.4 Å². The number of thioether (sulfide) groups is 1. The lowest BCUT2D eigenvalue weighted by Crippen LogP contribution is -2.35. The molecule has 0 saturated heterocycles.